The summed E-state index contributed by atoms with van der Waals surface area (Å²) in [6, 6.07) is 0. The predicted octanol–water partition coefficient (Wildman–Crippen LogP) is 0.957. The van der Waals surface area contributed by atoms with E-state index in [2.05, 4.69) is 11.3 Å². The third kappa shape index (κ3) is 3.74. The van der Waals surface area contributed by atoms with Crippen LogP contribution in [0.25, 0.3) is 0 Å². The fraction of sp³-hybridized carbons (Fsp3) is 0.400. The van der Waals surface area contributed by atoms with E-state index >= 15 is 0 Å². The summed E-state index contributed by atoms with van der Waals surface area (Å²) in [5, 5.41) is 0. The number of carbonyl (C=O) groups is 1. The highest BCUT2D eigenvalue weighted by Crippen LogP contribution is 1.88. The molecule has 0 radical (unpaired) electrons. The molecule has 2 nitrogen and oxygen atoms in total. The zero-order valence-electron chi connectivity index (χ0n) is 4.81. The lowest BCUT2D eigenvalue weighted by molar-refractivity contribution is -0.114. The van der Waals surface area contributed by atoms with Crippen molar-refractivity contribution in [1.29, 1.82) is 0 Å². The summed E-state index contributed by atoms with van der Waals surface area (Å²) < 4.78 is 2.54. The first-order valence-corrected chi connectivity index (χ1v) is 3.34. The average molecular weight is 131 g/mol. The van der Waals surface area contributed by atoms with Crippen LogP contribution in [0.5, 0.6) is 0 Å². The van der Waals surface area contributed by atoms with Crippen LogP contribution in [0.1, 0.15) is 6.92 Å². The minimum absolute atomic E-state index is 0.128. The summed E-state index contributed by atoms with van der Waals surface area (Å²) in [4.78, 5) is 10.3. The largest absolute Gasteiger partial charge is 0.297 e. The number of nitrogens with one attached hydrogen (secondary N) is 1. The molecule has 0 aromatic rings. The van der Waals surface area contributed by atoms with Gasteiger partial charge >= 0.3 is 0 Å². The molecule has 1 amide bonds. The molecule has 0 fully saturated rings. The van der Waals surface area contributed by atoms with Crippen LogP contribution in [-0.4, -0.2) is 11.7 Å². The van der Waals surface area contributed by atoms with Crippen molar-refractivity contribution in [2.75, 3.05) is 5.75 Å². The van der Waals surface area contributed by atoms with E-state index in [1.54, 1.807) is 0 Å². The van der Waals surface area contributed by atoms with Gasteiger partial charge in [-0.1, -0.05) is 25.5 Å². The highest BCUT2D eigenvalue weighted by Gasteiger charge is 1.87. The summed E-state index contributed by atoms with van der Waals surface area (Å²) >= 11 is 1.37. The van der Waals surface area contributed by atoms with Crippen LogP contribution in [0.15, 0.2) is 12.7 Å². The van der Waals surface area contributed by atoms with E-state index in [1.807, 2.05) is 6.92 Å². The van der Waals surface area contributed by atoms with Gasteiger partial charge in [-0.2, -0.15) is 0 Å². The molecule has 0 aliphatic carbocycles. The van der Waals surface area contributed by atoms with Crippen molar-refractivity contribution in [3.63, 3.8) is 0 Å². The number of hydrogen-bond acceptors (Lipinski definition) is 2. The van der Waals surface area contributed by atoms with Crippen LogP contribution >= 0.6 is 11.9 Å². The van der Waals surface area contributed by atoms with Gasteiger partial charge in [0.2, 0.25) is 0 Å². The van der Waals surface area contributed by atoms with Crippen LogP contribution in [0, 0.1) is 0 Å². The lowest BCUT2D eigenvalue weighted by atomic mass is 10.6. The van der Waals surface area contributed by atoms with Gasteiger partial charge in [-0.25, -0.2) is 0 Å². The molecule has 0 aliphatic heterocycles. The van der Waals surface area contributed by atoms with E-state index in [9.17, 15) is 4.79 Å². The maximum absolute atomic E-state index is 10.3. The lowest BCUT2D eigenvalue weighted by Gasteiger charge is -1.93. The van der Waals surface area contributed by atoms with E-state index in [0.29, 0.717) is 0 Å². The summed E-state index contributed by atoms with van der Waals surface area (Å²) in [5.41, 5.74) is 0. The van der Waals surface area contributed by atoms with Crippen LogP contribution in [-0.2, 0) is 4.79 Å². The highest BCUT2D eigenvalue weighted by atomic mass is 32.2. The topological polar surface area (TPSA) is 29.1 Å². The second-order valence-electron chi connectivity index (χ2n) is 1.10. The molecule has 0 bridgehead atoms. The molecule has 0 aromatic heterocycles. The Kier molecular flexibility index (Phi) is 4.45. The molecule has 46 valence electrons. The third-order valence-electron chi connectivity index (χ3n) is 0.502. The van der Waals surface area contributed by atoms with E-state index < -0.39 is 0 Å². The molecule has 3 heteroatoms. The second-order valence-corrected chi connectivity index (χ2v) is 2.17. The van der Waals surface area contributed by atoms with Gasteiger partial charge in [0.05, 0.1) is 0 Å². The molecule has 0 atom stereocenters. The van der Waals surface area contributed by atoms with Crippen molar-refractivity contribution in [2.45, 2.75) is 6.92 Å². The number of rotatable bonds is 3. The Bertz CT molecular complexity index is 92.4. The first-order valence-electron chi connectivity index (χ1n) is 2.35. The fourth-order valence-corrected chi connectivity index (χ4v) is 0.555. The molecular weight excluding hydrogens is 122 g/mol. The standard InChI is InChI=1S/C5H9NOS/c1-3-5(7)6-8-4-2/h3H,1,4H2,2H3,(H,6,7). The Hall–Kier alpha value is -0.440. The SMILES string of the molecule is C=CC(=O)NSCC. The van der Waals surface area contributed by atoms with Gasteiger partial charge in [0, 0.05) is 5.75 Å². The van der Waals surface area contributed by atoms with Gasteiger partial charge in [-0.3, -0.25) is 9.52 Å². The molecule has 0 heterocycles. The molecule has 8 heavy (non-hydrogen) atoms. The van der Waals surface area contributed by atoms with Crippen LogP contribution < -0.4 is 4.72 Å². The van der Waals surface area contributed by atoms with Crippen molar-refractivity contribution in [3.05, 3.63) is 12.7 Å². The maximum atomic E-state index is 10.3. The second kappa shape index (κ2) is 4.71. The van der Waals surface area contributed by atoms with Gasteiger partial charge < -0.3 is 0 Å². The van der Waals surface area contributed by atoms with Crippen LogP contribution in [0.2, 0.25) is 0 Å². The Morgan fingerprint density at radius 3 is 3.00 bits per heavy atom. The molecule has 0 unspecified atom stereocenters. The maximum Gasteiger partial charge on any atom is 0.253 e. The minimum Gasteiger partial charge on any atom is -0.297 e. The van der Waals surface area contributed by atoms with Gasteiger partial charge in [0.25, 0.3) is 5.91 Å². The Morgan fingerprint density at radius 1 is 2.00 bits per heavy atom. The van der Waals surface area contributed by atoms with Crippen molar-refractivity contribution in [2.24, 2.45) is 0 Å². The van der Waals surface area contributed by atoms with Gasteiger partial charge in [-0.05, 0) is 6.08 Å². The normalized spacial score (nSPS) is 8.12. The van der Waals surface area contributed by atoms with Crippen LogP contribution in [0.3, 0.4) is 0 Å². The zero-order chi connectivity index (χ0) is 6.41. The average Bonchev–Trinajstić information content (AvgIpc) is 1.83. The number of carbonyl (C=O) groups excluding carboxylic acids is 1. The molecule has 0 aliphatic rings. The summed E-state index contributed by atoms with van der Waals surface area (Å²) in [6.07, 6.45) is 1.25. The third-order valence-corrected chi connectivity index (χ3v) is 1.14. The van der Waals surface area contributed by atoms with Crippen molar-refractivity contribution < 1.29 is 4.79 Å². The number of amides is 1. The fourth-order valence-electron chi connectivity index (χ4n) is 0.185. The quantitative estimate of drug-likeness (QED) is 0.456. The first kappa shape index (κ1) is 7.56. The molecular formula is C5H9NOS. The molecule has 1 N–H and O–H groups in total. The Morgan fingerprint density at radius 2 is 2.62 bits per heavy atom. The van der Waals surface area contributed by atoms with Crippen molar-refractivity contribution in [3.8, 4) is 0 Å². The van der Waals surface area contributed by atoms with E-state index in [0.717, 1.165) is 5.75 Å². The predicted molar refractivity (Wildman–Crippen MR) is 36.5 cm³/mol. The van der Waals surface area contributed by atoms with E-state index in [-0.39, 0.29) is 5.91 Å². The molecule has 0 rings (SSSR count). The van der Waals surface area contributed by atoms with Crippen molar-refractivity contribution >= 4 is 17.9 Å². The summed E-state index contributed by atoms with van der Waals surface area (Å²) in [5.74, 6) is 0.761. The van der Waals surface area contributed by atoms with E-state index in [4.69, 9.17) is 0 Å². The van der Waals surface area contributed by atoms with Gasteiger partial charge in [-0.15, -0.1) is 0 Å². The zero-order valence-corrected chi connectivity index (χ0v) is 5.62. The van der Waals surface area contributed by atoms with Gasteiger partial charge in [0.1, 0.15) is 0 Å². The Balaban J connectivity index is 3.11. The molecule has 0 saturated heterocycles. The molecule has 0 spiro atoms. The van der Waals surface area contributed by atoms with Gasteiger partial charge in [0.15, 0.2) is 0 Å². The summed E-state index contributed by atoms with van der Waals surface area (Å²) in [7, 11) is 0. The highest BCUT2D eigenvalue weighted by molar-refractivity contribution is 7.97. The Labute approximate surface area is 53.5 Å². The molecule has 0 saturated carbocycles. The summed E-state index contributed by atoms with van der Waals surface area (Å²) in [6.45, 7) is 5.25. The van der Waals surface area contributed by atoms with Crippen molar-refractivity contribution in [1.82, 2.24) is 4.72 Å². The molecule has 0 aromatic carbocycles. The monoisotopic (exact) mass is 131 g/mol. The lowest BCUT2D eigenvalue weighted by Crippen LogP contribution is -2.11. The first-order chi connectivity index (χ1) is 3.81. The minimum atomic E-state index is -0.128. The number of hydrogen-bond donors (Lipinski definition) is 1. The van der Waals surface area contributed by atoms with Crippen LogP contribution in [0.4, 0.5) is 0 Å². The van der Waals surface area contributed by atoms with E-state index in [1.165, 1.54) is 18.0 Å². The smallest absolute Gasteiger partial charge is 0.253 e.